The molecule has 4 heteroatoms. The molecular formula is H2OSSn2. The standard InChI is InChI=1S/O.S.2Sn.2H. The molecule has 0 aliphatic heterocycles. The zero-order chi connectivity index (χ0) is 3.41. The molecule has 0 N–H and O–H groups in total. The van der Waals surface area contributed by atoms with Crippen LogP contribution in [0.4, 0.5) is 0 Å². The third-order valence-electron chi connectivity index (χ3n) is 0.0556. The van der Waals surface area contributed by atoms with E-state index in [1.165, 1.54) is 0 Å². The van der Waals surface area contributed by atoms with E-state index in [1.54, 1.807) is 0 Å². The molecular weight excluding hydrogens is 285 g/mol. The van der Waals surface area contributed by atoms with Crippen LogP contribution in [0.2, 0.25) is 0 Å². The van der Waals surface area contributed by atoms with Crippen LogP contribution in [0.1, 0.15) is 0 Å². The molecule has 0 unspecified atom stereocenters. The molecule has 0 aromatic rings. The molecule has 0 aromatic heterocycles. The van der Waals surface area contributed by atoms with Crippen molar-refractivity contribution in [2.24, 2.45) is 0 Å². The van der Waals surface area contributed by atoms with Gasteiger partial charge >= 0.3 is 53.3 Å². The van der Waals surface area contributed by atoms with Crippen molar-refractivity contribution in [3.05, 3.63) is 0 Å². The van der Waals surface area contributed by atoms with Crippen molar-refractivity contribution in [2.75, 3.05) is 0 Å². The predicted molar refractivity (Wildman–Crippen MR) is 23.0 cm³/mol. The van der Waals surface area contributed by atoms with Gasteiger partial charge in [0.1, 0.15) is 0 Å². The zero-order valence-electron chi connectivity index (χ0n) is 1.97. The Bertz CT molecular complexity index is 20.0. The van der Waals surface area contributed by atoms with E-state index in [9.17, 15) is 0 Å². The van der Waals surface area contributed by atoms with Crippen LogP contribution in [-0.2, 0) is 1.41 Å². The van der Waals surface area contributed by atoms with Crippen LogP contribution in [0.3, 0.4) is 0 Å². The minimum absolute atomic E-state index is 0.764. The summed E-state index contributed by atoms with van der Waals surface area (Å²) < 4.78 is 4.68. The van der Waals surface area contributed by atoms with Crippen LogP contribution in [-0.4, -0.2) is 42.6 Å². The van der Waals surface area contributed by atoms with Gasteiger partial charge in [0.2, 0.25) is 0 Å². The molecule has 0 heterocycles. The summed E-state index contributed by atoms with van der Waals surface area (Å²) in [6.45, 7) is 0. The first kappa shape index (κ1) is 5.78. The molecule has 22 valence electrons. The summed E-state index contributed by atoms with van der Waals surface area (Å²) in [6, 6.07) is 0. The molecule has 2 radical (unpaired) electrons. The third-order valence-corrected chi connectivity index (χ3v) is 7.50. The van der Waals surface area contributed by atoms with Crippen molar-refractivity contribution >= 4 is 51.8 Å². The molecule has 0 amide bonds. The van der Waals surface area contributed by atoms with Gasteiger partial charge < -0.3 is 0 Å². The van der Waals surface area contributed by atoms with Gasteiger partial charge in [-0.15, -0.1) is 0 Å². The van der Waals surface area contributed by atoms with E-state index in [0.29, 0.717) is 0 Å². The average molecular weight is 288 g/mol. The zero-order valence-corrected chi connectivity index (χ0v) is 9.38. The van der Waals surface area contributed by atoms with Gasteiger partial charge in [-0.25, -0.2) is 0 Å². The van der Waals surface area contributed by atoms with E-state index in [4.69, 9.17) is 0 Å². The van der Waals surface area contributed by atoms with Crippen molar-refractivity contribution in [3.8, 4) is 0 Å². The maximum atomic E-state index is 4.68. The van der Waals surface area contributed by atoms with Crippen LogP contribution in [0, 0.1) is 0 Å². The fourth-order valence-corrected chi connectivity index (χ4v) is 0. The Morgan fingerprint density at radius 1 is 2.00 bits per heavy atom. The number of rotatable bonds is 1. The van der Waals surface area contributed by atoms with E-state index in [2.05, 4.69) is 10.7 Å². The molecule has 4 heavy (non-hydrogen) atoms. The summed E-state index contributed by atoms with van der Waals surface area (Å²) in [4.78, 5) is 0. The Hall–Kier alpha value is 1.78. The topological polar surface area (TPSA) is 9.23 Å². The van der Waals surface area contributed by atoms with Gasteiger partial charge in [0.25, 0.3) is 0 Å². The van der Waals surface area contributed by atoms with Crippen molar-refractivity contribution in [2.45, 2.75) is 0 Å². The van der Waals surface area contributed by atoms with Crippen LogP contribution in [0.25, 0.3) is 0 Å². The fourth-order valence-electron chi connectivity index (χ4n) is 0. The molecule has 0 aliphatic carbocycles. The van der Waals surface area contributed by atoms with Crippen molar-refractivity contribution in [1.82, 2.24) is 0 Å². The van der Waals surface area contributed by atoms with E-state index < -0.39 is 19.6 Å². The molecule has 0 aliphatic rings. The fraction of sp³-hybridized carbons (Fsp3) is 0. The Balaban J connectivity index is 2.30. The summed E-state index contributed by atoms with van der Waals surface area (Å²) in [6.07, 6.45) is 0. The minimum atomic E-state index is -0.764. The Morgan fingerprint density at radius 2 is 2.25 bits per heavy atom. The van der Waals surface area contributed by atoms with Gasteiger partial charge in [-0.2, -0.15) is 0 Å². The second kappa shape index (κ2) is 4.78. The molecule has 0 atom stereocenters. The molecule has 0 aromatic carbocycles. The maximum absolute atomic E-state index is 4.68. The summed E-state index contributed by atoms with van der Waals surface area (Å²) in [5.74, 6) is 0. The first-order valence-electron chi connectivity index (χ1n) is 0.707. The monoisotopic (exact) mass is 290 g/mol. The van der Waals surface area contributed by atoms with Crippen molar-refractivity contribution in [1.29, 1.82) is 0 Å². The van der Waals surface area contributed by atoms with Gasteiger partial charge in [0.15, 0.2) is 0 Å². The van der Waals surface area contributed by atoms with E-state index >= 15 is 0 Å². The molecule has 0 rings (SSSR count). The average Bonchev–Trinajstić information content (AvgIpc) is 1.37. The summed E-state index contributed by atoms with van der Waals surface area (Å²) >= 11 is 0.157. The van der Waals surface area contributed by atoms with Crippen LogP contribution in [0.5, 0.6) is 0 Å². The van der Waals surface area contributed by atoms with Gasteiger partial charge in [-0.1, -0.05) is 0 Å². The summed E-state index contributed by atoms with van der Waals surface area (Å²) in [5.41, 5.74) is 0. The molecule has 0 saturated heterocycles. The molecule has 0 spiro atoms. The second-order valence-corrected chi connectivity index (χ2v) is 8.06. The number of hydrogen-bond acceptors (Lipinski definition) is 2. The van der Waals surface area contributed by atoms with Gasteiger partial charge in [-0.05, 0) is 0 Å². The second-order valence-electron chi connectivity index (χ2n) is 0.232. The Kier molecular flexibility index (Phi) is 6.90. The normalized spacial score (nSPS) is 6.25. The van der Waals surface area contributed by atoms with Crippen LogP contribution in [0.15, 0.2) is 0 Å². The third kappa shape index (κ3) is 3.78. The quantitative estimate of drug-likeness (QED) is 0.589. The summed E-state index contributed by atoms with van der Waals surface area (Å²) in [7, 11) is 4.55. The van der Waals surface area contributed by atoms with Crippen LogP contribution < -0.4 is 0 Å². The van der Waals surface area contributed by atoms with Gasteiger partial charge in [0, 0.05) is 0 Å². The molecule has 0 saturated carbocycles. The van der Waals surface area contributed by atoms with E-state index in [0.717, 1.165) is 22.9 Å². The van der Waals surface area contributed by atoms with Gasteiger partial charge in [0.05, 0.1) is 0 Å². The molecule has 1 nitrogen and oxygen atoms in total. The van der Waals surface area contributed by atoms with Gasteiger partial charge in [-0.3, -0.25) is 0 Å². The first-order chi connectivity index (χ1) is 1.91. The number of hydrogen-bond donors (Lipinski definition) is 0. The molecule has 0 fully saturated rings. The van der Waals surface area contributed by atoms with Crippen molar-refractivity contribution in [3.63, 3.8) is 0 Å². The Morgan fingerprint density at radius 3 is 2.25 bits per heavy atom. The summed E-state index contributed by atoms with van der Waals surface area (Å²) in [5, 5.41) is 0. The first-order valence-corrected chi connectivity index (χ1v) is 7.91. The molecule has 0 bridgehead atoms. The Labute approximate surface area is 52.7 Å². The van der Waals surface area contributed by atoms with Crippen LogP contribution >= 0.6 is 9.29 Å². The van der Waals surface area contributed by atoms with E-state index in [1.807, 2.05) is 0 Å². The SMILES string of the molecule is [S]=[SnH][O][SnH]. The van der Waals surface area contributed by atoms with Crippen molar-refractivity contribution < 1.29 is 1.41 Å². The predicted octanol–water partition coefficient (Wildman–Crippen LogP) is -0.717. The van der Waals surface area contributed by atoms with E-state index in [-0.39, 0.29) is 0 Å².